The summed E-state index contributed by atoms with van der Waals surface area (Å²) in [7, 11) is 3.11. The highest BCUT2D eigenvalue weighted by atomic mass is 16.5. The third-order valence-corrected chi connectivity index (χ3v) is 5.80. The van der Waals surface area contributed by atoms with Gasteiger partial charge in [0.2, 0.25) is 0 Å². The molecule has 2 N–H and O–H groups in total. The Balaban J connectivity index is 1.77. The summed E-state index contributed by atoms with van der Waals surface area (Å²) in [6.45, 7) is 0. The maximum Gasteiger partial charge on any atom is 0.128 e. The first-order valence-corrected chi connectivity index (χ1v) is 11.5. The molecule has 0 aromatic heterocycles. The van der Waals surface area contributed by atoms with Crippen LogP contribution in [0.4, 0.5) is 0 Å². The predicted octanol–water partition coefficient (Wildman–Crippen LogP) is 6.14. The van der Waals surface area contributed by atoms with Gasteiger partial charge in [0.25, 0.3) is 0 Å². The van der Waals surface area contributed by atoms with Crippen LogP contribution in [0.1, 0.15) is 34.3 Å². The Morgan fingerprint density at radius 2 is 0.972 bits per heavy atom. The van der Waals surface area contributed by atoms with Gasteiger partial charge in [0.05, 0.1) is 14.2 Å². The molecule has 2 atom stereocenters. The molecule has 4 aromatic rings. The van der Waals surface area contributed by atoms with E-state index in [9.17, 15) is 10.2 Å². The number of phenolic OH excluding ortho intramolecular Hbond substituents is 2. The smallest absolute Gasteiger partial charge is 0.128 e. The molecule has 0 radical (unpaired) electrons. The molecule has 0 aliphatic rings. The highest BCUT2D eigenvalue weighted by Crippen LogP contribution is 2.36. The lowest BCUT2D eigenvalue weighted by Crippen LogP contribution is -2.09. The van der Waals surface area contributed by atoms with E-state index in [2.05, 4.69) is 0 Å². The van der Waals surface area contributed by atoms with E-state index >= 15 is 0 Å². The van der Waals surface area contributed by atoms with E-state index in [-0.39, 0.29) is 11.5 Å². The molecular formula is C30H28N2O4. The number of aromatic hydroxyl groups is 2. The van der Waals surface area contributed by atoms with Crippen molar-refractivity contribution in [2.75, 3.05) is 14.2 Å². The third-order valence-electron chi connectivity index (χ3n) is 5.80. The summed E-state index contributed by atoms with van der Waals surface area (Å²) < 4.78 is 10.4. The molecule has 182 valence electrons. The zero-order valence-electron chi connectivity index (χ0n) is 20.2. The van der Waals surface area contributed by atoms with Gasteiger partial charge in [0.1, 0.15) is 35.1 Å². The van der Waals surface area contributed by atoms with Gasteiger partial charge in [0, 0.05) is 35.7 Å². The van der Waals surface area contributed by atoms with Crippen LogP contribution in [0.25, 0.3) is 0 Å². The Hall–Kier alpha value is -4.58. The van der Waals surface area contributed by atoms with Gasteiger partial charge in [-0.3, -0.25) is 9.98 Å². The number of methoxy groups -OCH3 is 2. The lowest BCUT2D eigenvalue weighted by molar-refractivity contribution is 0.407. The summed E-state index contributed by atoms with van der Waals surface area (Å²) in [6.07, 6.45) is 3.31. The van der Waals surface area contributed by atoms with Gasteiger partial charge in [-0.15, -0.1) is 0 Å². The van der Waals surface area contributed by atoms with Crippen molar-refractivity contribution in [3.63, 3.8) is 0 Å². The van der Waals surface area contributed by atoms with E-state index in [1.807, 2.05) is 60.7 Å². The number of phenols is 2. The number of hydrogen-bond donors (Lipinski definition) is 2. The number of rotatable bonds is 9. The van der Waals surface area contributed by atoms with Crippen molar-refractivity contribution in [1.29, 1.82) is 0 Å². The fraction of sp³-hybridized carbons (Fsp3) is 0.133. The largest absolute Gasteiger partial charge is 0.507 e. The van der Waals surface area contributed by atoms with Gasteiger partial charge < -0.3 is 19.7 Å². The molecule has 0 saturated carbocycles. The highest BCUT2D eigenvalue weighted by Gasteiger charge is 2.23. The molecule has 36 heavy (non-hydrogen) atoms. The Labute approximate surface area is 210 Å². The summed E-state index contributed by atoms with van der Waals surface area (Å²) in [6, 6.07) is 29.2. The first-order chi connectivity index (χ1) is 17.6. The van der Waals surface area contributed by atoms with Crippen LogP contribution < -0.4 is 9.47 Å². The monoisotopic (exact) mass is 480 g/mol. The number of aliphatic imine (C=N–C) groups is 2. The summed E-state index contributed by atoms with van der Waals surface area (Å²) in [4.78, 5) is 9.79. The number of benzene rings is 4. The molecule has 0 aliphatic carbocycles. The van der Waals surface area contributed by atoms with Crippen LogP contribution in [0.2, 0.25) is 0 Å². The van der Waals surface area contributed by atoms with Gasteiger partial charge in [-0.1, -0.05) is 60.7 Å². The molecule has 4 rings (SSSR count). The van der Waals surface area contributed by atoms with Crippen molar-refractivity contribution in [1.82, 2.24) is 0 Å². The second kappa shape index (κ2) is 11.7. The molecule has 0 unspecified atom stereocenters. The Kier molecular flexibility index (Phi) is 7.98. The van der Waals surface area contributed by atoms with E-state index < -0.39 is 12.1 Å². The van der Waals surface area contributed by atoms with Crippen molar-refractivity contribution >= 4 is 12.4 Å². The summed E-state index contributed by atoms with van der Waals surface area (Å²) in [5.74, 6) is 1.28. The quantitative estimate of drug-likeness (QED) is 0.282. The minimum Gasteiger partial charge on any atom is -0.507 e. The van der Waals surface area contributed by atoms with E-state index in [1.165, 1.54) is 0 Å². The molecule has 0 aliphatic heterocycles. The Bertz CT molecular complexity index is 1230. The molecule has 0 fully saturated rings. The summed E-state index contributed by atoms with van der Waals surface area (Å²) in [5, 5.41) is 20.9. The predicted molar refractivity (Wildman–Crippen MR) is 143 cm³/mol. The fourth-order valence-corrected chi connectivity index (χ4v) is 3.84. The van der Waals surface area contributed by atoms with Gasteiger partial charge in [0.15, 0.2) is 0 Å². The lowest BCUT2D eigenvalue weighted by Gasteiger charge is -2.22. The topological polar surface area (TPSA) is 83.6 Å². The van der Waals surface area contributed by atoms with Gasteiger partial charge in [-0.05, 0) is 35.4 Å². The maximum absolute atomic E-state index is 10.4. The molecule has 0 heterocycles. The van der Waals surface area contributed by atoms with Gasteiger partial charge in [-0.2, -0.15) is 0 Å². The van der Waals surface area contributed by atoms with Gasteiger partial charge in [-0.25, -0.2) is 0 Å². The standard InChI is InChI=1S/C30H28N2O4/c1-35-25-15-13-23(27(33)17-25)19-31-29(21-9-5-3-6-10-21)30(22-11-7-4-8-12-22)32-20-24-14-16-26(36-2)18-28(24)34/h3-20,29-30,33-34H,1-2H3/t29-,30-/m1/s1. The van der Waals surface area contributed by atoms with Crippen LogP contribution in [0.5, 0.6) is 23.0 Å². The fourth-order valence-electron chi connectivity index (χ4n) is 3.84. The normalized spacial score (nSPS) is 13.1. The molecule has 0 amide bonds. The van der Waals surface area contributed by atoms with Crippen molar-refractivity contribution < 1.29 is 19.7 Å². The maximum atomic E-state index is 10.4. The Morgan fingerprint density at radius 3 is 1.31 bits per heavy atom. The minimum atomic E-state index is -0.397. The van der Waals surface area contributed by atoms with Crippen molar-refractivity contribution in [2.24, 2.45) is 9.98 Å². The highest BCUT2D eigenvalue weighted by molar-refractivity contribution is 5.85. The first kappa shape index (κ1) is 24.5. The minimum absolute atomic E-state index is 0.0767. The van der Waals surface area contributed by atoms with Crippen LogP contribution in [0.15, 0.2) is 107 Å². The van der Waals surface area contributed by atoms with E-state index in [0.29, 0.717) is 22.6 Å². The molecular weight excluding hydrogens is 452 g/mol. The molecule has 4 aromatic carbocycles. The van der Waals surface area contributed by atoms with E-state index in [4.69, 9.17) is 19.5 Å². The zero-order valence-corrected chi connectivity index (χ0v) is 20.2. The lowest BCUT2D eigenvalue weighted by atomic mass is 9.94. The Morgan fingerprint density at radius 1 is 0.583 bits per heavy atom. The van der Waals surface area contributed by atoms with Crippen LogP contribution in [0.3, 0.4) is 0 Å². The number of ether oxygens (including phenoxy) is 2. The molecule has 0 saturated heterocycles. The zero-order chi connectivity index (χ0) is 25.3. The second-order valence-corrected chi connectivity index (χ2v) is 8.12. The van der Waals surface area contributed by atoms with E-state index in [1.54, 1.807) is 63.0 Å². The van der Waals surface area contributed by atoms with Crippen molar-refractivity contribution in [2.45, 2.75) is 12.1 Å². The summed E-state index contributed by atoms with van der Waals surface area (Å²) >= 11 is 0. The van der Waals surface area contributed by atoms with Crippen LogP contribution in [0, 0.1) is 0 Å². The first-order valence-electron chi connectivity index (χ1n) is 11.5. The van der Waals surface area contributed by atoms with Gasteiger partial charge >= 0.3 is 0 Å². The average molecular weight is 481 g/mol. The summed E-state index contributed by atoms with van der Waals surface area (Å²) in [5.41, 5.74) is 3.07. The number of hydrogen-bond acceptors (Lipinski definition) is 6. The third kappa shape index (κ3) is 5.91. The second-order valence-electron chi connectivity index (χ2n) is 8.12. The molecule has 0 spiro atoms. The van der Waals surface area contributed by atoms with Crippen LogP contribution >= 0.6 is 0 Å². The SMILES string of the molecule is COc1ccc(C=N[C@H](c2ccccc2)[C@H](N=Cc2ccc(OC)cc2O)c2ccccc2)c(O)c1. The molecule has 6 nitrogen and oxygen atoms in total. The van der Waals surface area contributed by atoms with E-state index in [0.717, 1.165) is 11.1 Å². The van der Waals surface area contributed by atoms with Crippen molar-refractivity contribution in [3.8, 4) is 23.0 Å². The number of nitrogens with zero attached hydrogens (tertiary/aromatic N) is 2. The van der Waals surface area contributed by atoms with Crippen LogP contribution in [-0.2, 0) is 0 Å². The molecule has 6 heteroatoms. The molecule has 0 bridgehead atoms. The van der Waals surface area contributed by atoms with Crippen LogP contribution in [-0.4, -0.2) is 36.9 Å². The average Bonchev–Trinajstić information content (AvgIpc) is 2.92. The van der Waals surface area contributed by atoms with Crippen molar-refractivity contribution in [3.05, 3.63) is 119 Å².